The molecule has 4 nitrogen and oxygen atoms in total. The number of nitrogens with two attached hydrogens (primary N) is 1. The third-order valence-electron chi connectivity index (χ3n) is 4.17. The van der Waals surface area contributed by atoms with Crippen LogP contribution in [0.5, 0.6) is 0 Å². The van der Waals surface area contributed by atoms with Crippen molar-refractivity contribution in [3.63, 3.8) is 0 Å². The predicted molar refractivity (Wildman–Crippen MR) is 79.3 cm³/mol. The van der Waals surface area contributed by atoms with Crippen molar-refractivity contribution in [3.8, 4) is 0 Å². The lowest BCUT2D eigenvalue weighted by atomic mass is 9.84. The first-order valence-electron chi connectivity index (χ1n) is 7.13. The molecule has 2 N–H and O–H groups in total. The van der Waals surface area contributed by atoms with Crippen molar-refractivity contribution in [1.82, 2.24) is 10.1 Å². The maximum atomic E-state index is 6.32. The maximum Gasteiger partial charge on any atom is 0.246 e. The summed E-state index contributed by atoms with van der Waals surface area (Å²) in [4.78, 5) is 4.57. The molecule has 0 radical (unpaired) electrons. The van der Waals surface area contributed by atoms with E-state index < -0.39 is 5.54 Å². The van der Waals surface area contributed by atoms with Gasteiger partial charge in [-0.05, 0) is 32.3 Å². The van der Waals surface area contributed by atoms with Crippen molar-refractivity contribution in [2.45, 2.75) is 51.5 Å². The predicted octanol–water partition coefficient (Wildman–Crippen LogP) is 3.37. The van der Waals surface area contributed by atoms with Crippen LogP contribution in [0.4, 0.5) is 0 Å². The van der Waals surface area contributed by atoms with E-state index in [0.29, 0.717) is 11.7 Å². The van der Waals surface area contributed by atoms with Crippen LogP contribution in [0, 0.1) is 0 Å². The van der Waals surface area contributed by atoms with Gasteiger partial charge in [-0.15, -0.1) is 0 Å². The van der Waals surface area contributed by atoms with E-state index in [-0.39, 0.29) is 5.41 Å². The molecule has 0 aliphatic heterocycles. The molecule has 0 bridgehead atoms. The molecule has 0 saturated heterocycles. The molecule has 0 atom stereocenters. The lowest BCUT2D eigenvalue weighted by Gasteiger charge is -2.22. The molecule has 2 aromatic rings. The summed E-state index contributed by atoms with van der Waals surface area (Å²) in [6, 6.07) is 10.2. The quantitative estimate of drug-likeness (QED) is 0.907. The van der Waals surface area contributed by atoms with Crippen LogP contribution in [-0.2, 0) is 11.0 Å². The largest absolute Gasteiger partial charge is 0.337 e. The van der Waals surface area contributed by atoms with Crippen LogP contribution >= 0.6 is 0 Å². The minimum Gasteiger partial charge on any atom is -0.337 e. The number of rotatable bonds is 5. The lowest BCUT2D eigenvalue weighted by molar-refractivity contribution is 0.265. The van der Waals surface area contributed by atoms with Gasteiger partial charge in [-0.2, -0.15) is 4.98 Å². The van der Waals surface area contributed by atoms with Crippen LogP contribution in [0.15, 0.2) is 34.9 Å². The Morgan fingerprint density at radius 3 is 2.25 bits per heavy atom. The van der Waals surface area contributed by atoms with E-state index in [0.717, 1.165) is 18.4 Å². The molecule has 2 rings (SSSR count). The molecule has 4 heteroatoms. The van der Waals surface area contributed by atoms with Gasteiger partial charge in [0.15, 0.2) is 5.82 Å². The third kappa shape index (κ3) is 2.48. The molecule has 0 unspecified atom stereocenters. The van der Waals surface area contributed by atoms with Crippen LogP contribution in [-0.4, -0.2) is 10.1 Å². The normalized spacial score (nSPS) is 12.7. The number of aromatic nitrogens is 2. The van der Waals surface area contributed by atoms with E-state index >= 15 is 0 Å². The van der Waals surface area contributed by atoms with Gasteiger partial charge >= 0.3 is 0 Å². The van der Waals surface area contributed by atoms with Gasteiger partial charge in [0.1, 0.15) is 0 Å². The Kier molecular flexibility index (Phi) is 3.95. The summed E-state index contributed by atoms with van der Waals surface area (Å²) in [6.45, 7) is 8.26. The van der Waals surface area contributed by atoms with E-state index in [1.807, 2.05) is 32.0 Å². The van der Waals surface area contributed by atoms with Gasteiger partial charge in [0.25, 0.3) is 0 Å². The molecule has 0 saturated carbocycles. The van der Waals surface area contributed by atoms with Gasteiger partial charge in [-0.1, -0.05) is 49.3 Å². The minimum atomic E-state index is -0.530. The second-order valence-electron chi connectivity index (χ2n) is 5.78. The summed E-state index contributed by atoms with van der Waals surface area (Å²) in [5, 5.41) is 4.16. The van der Waals surface area contributed by atoms with Crippen LogP contribution < -0.4 is 5.73 Å². The highest BCUT2D eigenvalue weighted by molar-refractivity contribution is 5.30. The highest BCUT2D eigenvalue weighted by Gasteiger charge is 2.34. The molecule has 20 heavy (non-hydrogen) atoms. The average molecular weight is 273 g/mol. The van der Waals surface area contributed by atoms with E-state index in [1.54, 1.807) is 0 Å². The Labute approximate surface area is 120 Å². The zero-order valence-electron chi connectivity index (χ0n) is 12.7. The second-order valence-corrected chi connectivity index (χ2v) is 5.78. The minimum absolute atomic E-state index is 0.300. The molecule has 108 valence electrons. The first kappa shape index (κ1) is 14.7. The molecule has 0 aliphatic rings. The Morgan fingerprint density at radius 2 is 1.70 bits per heavy atom. The number of nitrogens with zero attached hydrogens (tertiary/aromatic N) is 2. The zero-order valence-corrected chi connectivity index (χ0v) is 12.7. The summed E-state index contributed by atoms with van der Waals surface area (Å²) in [5.74, 6) is 1.21. The zero-order chi connectivity index (χ0) is 14.8. The van der Waals surface area contributed by atoms with Gasteiger partial charge in [0.2, 0.25) is 5.89 Å². The van der Waals surface area contributed by atoms with E-state index in [2.05, 4.69) is 36.1 Å². The number of benzene rings is 1. The molecule has 0 aliphatic carbocycles. The maximum absolute atomic E-state index is 6.32. The topological polar surface area (TPSA) is 64.9 Å². The smallest absolute Gasteiger partial charge is 0.246 e. The summed E-state index contributed by atoms with van der Waals surface area (Å²) in [6.07, 6.45) is 1.55. The van der Waals surface area contributed by atoms with Crippen LogP contribution in [0.2, 0.25) is 0 Å². The fourth-order valence-corrected chi connectivity index (χ4v) is 2.22. The van der Waals surface area contributed by atoms with Gasteiger partial charge in [-0.3, -0.25) is 0 Å². The van der Waals surface area contributed by atoms with Gasteiger partial charge in [0.05, 0.1) is 11.0 Å². The van der Waals surface area contributed by atoms with Crippen molar-refractivity contribution in [3.05, 3.63) is 47.6 Å². The van der Waals surface area contributed by atoms with Crippen molar-refractivity contribution in [2.24, 2.45) is 5.73 Å². The number of hydrogen-bond acceptors (Lipinski definition) is 4. The Bertz CT molecular complexity index is 556. The summed E-state index contributed by atoms with van der Waals surface area (Å²) < 4.78 is 5.43. The average Bonchev–Trinajstić information content (AvgIpc) is 2.98. The van der Waals surface area contributed by atoms with E-state index in [9.17, 15) is 0 Å². The van der Waals surface area contributed by atoms with E-state index in [4.69, 9.17) is 10.3 Å². The Balaban J connectivity index is 2.38. The first-order valence-corrected chi connectivity index (χ1v) is 7.13. The van der Waals surface area contributed by atoms with Crippen molar-refractivity contribution in [2.75, 3.05) is 0 Å². The van der Waals surface area contributed by atoms with Gasteiger partial charge < -0.3 is 10.3 Å². The molecule has 1 aromatic heterocycles. The van der Waals surface area contributed by atoms with Crippen LogP contribution in [0.3, 0.4) is 0 Å². The van der Waals surface area contributed by atoms with Crippen molar-refractivity contribution >= 4 is 0 Å². The first-order chi connectivity index (χ1) is 9.44. The van der Waals surface area contributed by atoms with E-state index in [1.165, 1.54) is 0 Å². The molecular formula is C16H23N3O. The molecular weight excluding hydrogens is 250 g/mol. The van der Waals surface area contributed by atoms with Crippen molar-refractivity contribution in [1.29, 1.82) is 0 Å². The second kappa shape index (κ2) is 5.37. The standard InChI is InChI=1S/C16H23N3O/c1-5-16(17,6-2)14-18-13(19-20-14)15(3,4)12-10-8-7-9-11-12/h7-11H,5-6,17H2,1-4H3. The van der Waals surface area contributed by atoms with Crippen molar-refractivity contribution < 1.29 is 4.52 Å². The molecule has 0 amide bonds. The molecule has 0 spiro atoms. The Morgan fingerprint density at radius 1 is 1.10 bits per heavy atom. The molecule has 0 fully saturated rings. The Hall–Kier alpha value is -1.68. The van der Waals surface area contributed by atoms with Gasteiger partial charge in [-0.25, -0.2) is 0 Å². The molecule has 1 aromatic carbocycles. The fraction of sp³-hybridized carbons (Fsp3) is 0.500. The fourth-order valence-electron chi connectivity index (χ4n) is 2.22. The summed E-state index contributed by atoms with van der Waals surface area (Å²) in [5.41, 5.74) is 6.64. The van der Waals surface area contributed by atoms with Crippen LogP contribution in [0.1, 0.15) is 57.8 Å². The summed E-state index contributed by atoms with van der Waals surface area (Å²) >= 11 is 0. The number of hydrogen-bond donors (Lipinski definition) is 1. The SMILES string of the molecule is CCC(N)(CC)c1nc(C(C)(C)c2ccccc2)no1. The highest BCUT2D eigenvalue weighted by Crippen LogP contribution is 2.31. The monoisotopic (exact) mass is 273 g/mol. The van der Waals surface area contributed by atoms with Crippen LogP contribution in [0.25, 0.3) is 0 Å². The summed E-state index contributed by atoms with van der Waals surface area (Å²) in [7, 11) is 0. The third-order valence-corrected chi connectivity index (χ3v) is 4.17. The van der Waals surface area contributed by atoms with Gasteiger partial charge in [0, 0.05) is 0 Å². The highest BCUT2D eigenvalue weighted by atomic mass is 16.5. The lowest BCUT2D eigenvalue weighted by Crippen LogP contribution is -2.35. The molecule has 1 heterocycles.